The fourth-order valence-electron chi connectivity index (χ4n) is 2.93. The molecule has 6 nitrogen and oxygen atoms in total. The van der Waals surface area contributed by atoms with Crippen LogP contribution in [0.2, 0.25) is 0 Å². The summed E-state index contributed by atoms with van der Waals surface area (Å²) < 4.78 is 5.25. The van der Waals surface area contributed by atoms with Gasteiger partial charge in [0.15, 0.2) is 0 Å². The van der Waals surface area contributed by atoms with Crippen molar-refractivity contribution in [2.24, 2.45) is 9.98 Å². The van der Waals surface area contributed by atoms with Crippen molar-refractivity contribution in [2.45, 2.75) is 13.5 Å². The molecule has 2 aliphatic heterocycles. The third kappa shape index (κ3) is 3.30. The molecule has 0 aliphatic carbocycles. The van der Waals surface area contributed by atoms with Crippen molar-refractivity contribution in [1.82, 2.24) is 4.90 Å². The van der Waals surface area contributed by atoms with Crippen LogP contribution in [0.25, 0.3) is 0 Å². The van der Waals surface area contributed by atoms with Crippen molar-refractivity contribution >= 4 is 30.9 Å². The van der Waals surface area contributed by atoms with Crippen molar-refractivity contribution in [3.8, 4) is 0 Å². The first-order chi connectivity index (χ1) is 11.2. The van der Waals surface area contributed by atoms with E-state index in [2.05, 4.69) is 32.6 Å². The highest BCUT2D eigenvalue weighted by Crippen LogP contribution is 2.20. The van der Waals surface area contributed by atoms with Gasteiger partial charge in [-0.3, -0.25) is 0 Å². The van der Waals surface area contributed by atoms with Crippen molar-refractivity contribution in [1.29, 1.82) is 0 Å². The number of aliphatic imine (C=N–C) groups is 2. The molecule has 2 heterocycles. The Morgan fingerprint density at radius 1 is 1.35 bits per heavy atom. The van der Waals surface area contributed by atoms with Gasteiger partial charge in [-0.1, -0.05) is 12.1 Å². The summed E-state index contributed by atoms with van der Waals surface area (Å²) >= 11 is 0. The minimum absolute atomic E-state index is 0.486. The van der Waals surface area contributed by atoms with E-state index < -0.39 is 7.12 Å². The molecule has 23 heavy (non-hydrogen) atoms. The second kappa shape index (κ2) is 6.98. The van der Waals surface area contributed by atoms with Crippen molar-refractivity contribution < 1.29 is 9.68 Å². The van der Waals surface area contributed by atoms with Gasteiger partial charge in [0.05, 0.1) is 6.61 Å². The number of benzene rings is 1. The fraction of sp³-hybridized carbons (Fsp3) is 0.375. The van der Waals surface area contributed by atoms with Crippen LogP contribution in [0.1, 0.15) is 12.5 Å². The molecule has 1 fully saturated rings. The third-order valence-corrected chi connectivity index (χ3v) is 4.20. The molecule has 0 radical (unpaired) electrons. The number of anilines is 1. The van der Waals surface area contributed by atoms with Crippen molar-refractivity contribution in [3.05, 3.63) is 36.0 Å². The first-order valence-corrected chi connectivity index (χ1v) is 7.81. The summed E-state index contributed by atoms with van der Waals surface area (Å²) in [7, 11) is -0.796. The van der Waals surface area contributed by atoms with Crippen LogP contribution in [0.4, 0.5) is 5.69 Å². The molecule has 0 amide bonds. The van der Waals surface area contributed by atoms with Gasteiger partial charge in [-0.2, -0.15) is 0 Å². The van der Waals surface area contributed by atoms with E-state index in [4.69, 9.17) is 4.65 Å². The zero-order chi connectivity index (χ0) is 16.2. The highest BCUT2D eigenvalue weighted by atomic mass is 16.5. The Morgan fingerprint density at radius 2 is 2.13 bits per heavy atom. The van der Waals surface area contributed by atoms with Crippen LogP contribution < -0.4 is 10.4 Å². The maximum absolute atomic E-state index is 9.84. The summed E-state index contributed by atoms with van der Waals surface area (Å²) in [4.78, 5) is 12.8. The first kappa shape index (κ1) is 15.8. The van der Waals surface area contributed by atoms with Gasteiger partial charge < -0.3 is 19.5 Å². The smallest absolute Gasteiger partial charge is 0.423 e. The highest BCUT2D eigenvalue weighted by Gasteiger charge is 2.28. The summed E-state index contributed by atoms with van der Waals surface area (Å²) in [5.41, 5.74) is 3.07. The molecule has 7 heteroatoms. The number of nitrogens with zero attached hydrogens (tertiary/aromatic N) is 4. The largest absolute Gasteiger partial charge is 0.491 e. The van der Waals surface area contributed by atoms with E-state index in [1.165, 1.54) is 0 Å². The highest BCUT2D eigenvalue weighted by molar-refractivity contribution is 6.61. The van der Waals surface area contributed by atoms with E-state index in [0.29, 0.717) is 12.6 Å². The minimum Gasteiger partial charge on any atom is -0.423 e. The fourth-order valence-corrected chi connectivity index (χ4v) is 2.93. The van der Waals surface area contributed by atoms with Gasteiger partial charge in [-0.15, -0.1) is 0 Å². The summed E-state index contributed by atoms with van der Waals surface area (Å²) in [5, 5.41) is 9.84. The van der Waals surface area contributed by atoms with Gasteiger partial charge in [0.2, 0.25) is 5.96 Å². The van der Waals surface area contributed by atoms with Gasteiger partial charge in [-0.25, -0.2) is 9.98 Å². The number of hydrogen-bond donors (Lipinski definition) is 1. The minimum atomic E-state index is -0.796. The summed E-state index contributed by atoms with van der Waals surface area (Å²) in [6, 6.07) is 6.16. The molecule has 1 aromatic rings. The average molecular weight is 312 g/mol. The Balaban J connectivity index is 1.67. The molecule has 3 rings (SSSR count). The molecule has 120 valence electrons. The summed E-state index contributed by atoms with van der Waals surface area (Å²) in [6.45, 7) is 9.44. The summed E-state index contributed by atoms with van der Waals surface area (Å²) in [5.74, 6) is 0.667. The molecule has 1 aromatic carbocycles. The SMILES string of the molecule is C=NC(=N/C=C\C)N1CCN(c2ccc3c(c2)B(O)OC3)CC1. The molecule has 0 atom stereocenters. The van der Waals surface area contributed by atoms with E-state index in [1.54, 1.807) is 6.20 Å². The van der Waals surface area contributed by atoms with Gasteiger partial charge in [-0.05, 0) is 36.8 Å². The molecule has 0 aromatic heterocycles. The van der Waals surface area contributed by atoms with Crippen LogP contribution in [0.5, 0.6) is 0 Å². The molecule has 0 spiro atoms. The number of guanidine groups is 1. The van der Waals surface area contributed by atoms with Crippen LogP contribution >= 0.6 is 0 Å². The molecule has 0 bridgehead atoms. The molecular formula is C16H21BN4O2. The second-order valence-corrected chi connectivity index (χ2v) is 5.59. The predicted molar refractivity (Wildman–Crippen MR) is 94.4 cm³/mol. The van der Waals surface area contributed by atoms with Crippen LogP contribution in [0, 0.1) is 0 Å². The standard InChI is InChI=1S/C16H21BN4O2/c1-3-6-19-16(18-2)21-9-7-20(8-10-21)14-5-4-13-12-23-17(22)15(13)11-14/h3-6,11,22H,2,7-10,12H2,1H3/b6-3-,19-16?. The topological polar surface area (TPSA) is 60.7 Å². The van der Waals surface area contributed by atoms with Gasteiger partial charge in [0.1, 0.15) is 0 Å². The monoisotopic (exact) mass is 312 g/mol. The second-order valence-electron chi connectivity index (χ2n) is 5.59. The van der Waals surface area contributed by atoms with Gasteiger partial charge >= 0.3 is 7.12 Å². The van der Waals surface area contributed by atoms with E-state index >= 15 is 0 Å². The molecule has 0 unspecified atom stereocenters. The molecule has 2 aliphatic rings. The quantitative estimate of drug-likeness (QED) is 0.494. The zero-order valence-corrected chi connectivity index (χ0v) is 13.4. The lowest BCUT2D eigenvalue weighted by atomic mass is 9.79. The Morgan fingerprint density at radius 3 is 2.83 bits per heavy atom. The van der Waals surface area contributed by atoms with Crippen LogP contribution in [-0.2, 0) is 11.3 Å². The van der Waals surface area contributed by atoms with E-state index in [1.807, 2.05) is 25.1 Å². The Kier molecular flexibility index (Phi) is 4.78. The van der Waals surface area contributed by atoms with Gasteiger partial charge in [0, 0.05) is 38.1 Å². The molecule has 1 N–H and O–H groups in total. The third-order valence-electron chi connectivity index (χ3n) is 4.20. The lowest BCUT2D eigenvalue weighted by Gasteiger charge is -2.36. The average Bonchev–Trinajstić information content (AvgIpc) is 2.97. The Hall–Kier alpha value is -2.12. The Labute approximate surface area is 136 Å². The maximum atomic E-state index is 9.84. The number of piperazine rings is 1. The number of fused-ring (bicyclic) bond motifs is 1. The van der Waals surface area contributed by atoms with Gasteiger partial charge in [0.25, 0.3) is 0 Å². The normalized spacial score (nSPS) is 18.7. The van der Waals surface area contributed by atoms with Crippen LogP contribution in [0.3, 0.4) is 0 Å². The van der Waals surface area contributed by atoms with E-state index in [9.17, 15) is 5.02 Å². The molecular weight excluding hydrogens is 291 g/mol. The van der Waals surface area contributed by atoms with Crippen LogP contribution in [0.15, 0.2) is 40.5 Å². The number of hydrogen-bond acceptors (Lipinski definition) is 4. The molecule has 1 saturated heterocycles. The number of rotatable bonds is 2. The number of allylic oxidation sites excluding steroid dienone is 1. The Bertz CT molecular complexity index is 639. The molecule has 0 saturated carbocycles. The lowest BCUT2D eigenvalue weighted by molar-refractivity contribution is 0.275. The van der Waals surface area contributed by atoms with Crippen molar-refractivity contribution in [3.63, 3.8) is 0 Å². The van der Waals surface area contributed by atoms with Crippen molar-refractivity contribution in [2.75, 3.05) is 31.1 Å². The summed E-state index contributed by atoms with van der Waals surface area (Å²) in [6.07, 6.45) is 3.61. The maximum Gasteiger partial charge on any atom is 0.491 e. The predicted octanol–water partition coefficient (Wildman–Crippen LogP) is 0.616. The zero-order valence-electron chi connectivity index (χ0n) is 13.4. The lowest BCUT2D eigenvalue weighted by Crippen LogP contribution is -2.48. The van der Waals surface area contributed by atoms with Crippen LogP contribution in [-0.4, -0.2) is 55.9 Å². The van der Waals surface area contributed by atoms with E-state index in [-0.39, 0.29) is 0 Å². The van der Waals surface area contributed by atoms with E-state index in [0.717, 1.165) is 42.9 Å². The first-order valence-electron chi connectivity index (χ1n) is 7.81.